The molecule has 0 radical (unpaired) electrons. The SMILES string of the molecule is c1ccc(-c2cccc(-c3c(-c4ccc(-c5nc6ccccc6n5-c5ccccc5)cc4)oc4c(-c5ccccc5)nc5ccccc5c34)c2)cc1. The zero-order valence-electron chi connectivity index (χ0n) is 28.1. The summed E-state index contributed by atoms with van der Waals surface area (Å²) in [5.74, 6) is 1.69. The molecule has 0 saturated carbocycles. The lowest BCUT2D eigenvalue weighted by molar-refractivity contribution is 0.632. The van der Waals surface area contributed by atoms with Crippen LogP contribution in [-0.2, 0) is 0 Å². The molecule has 52 heavy (non-hydrogen) atoms. The van der Waals surface area contributed by atoms with Gasteiger partial charge in [0.1, 0.15) is 17.3 Å². The van der Waals surface area contributed by atoms with Crippen molar-refractivity contribution in [3.8, 4) is 61.9 Å². The van der Waals surface area contributed by atoms with E-state index in [0.29, 0.717) is 0 Å². The van der Waals surface area contributed by atoms with Crippen molar-refractivity contribution in [2.75, 3.05) is 0 Å². The molecule has 3 heterocycles. The molecule has 0 fully saturated rings. The standard InChI is InChI=1S/C48H31N3O/c1-4-15-32(16-5-1)36-19-14-20-37(31-36)43-44-39-23-10-11-24-40(39)49-45(33-17-6-2-7-18-33)47(44)52-46(43)34-27-29-35(30-28-34)48-50-41-25-12-13-26-42(41)51(48)38-21-8-3-9-22-38/h1-31H. The Hall–Kier alpha value is -7.04. The summed E-state index contributed by atoms with van der Waals surface area (Å²) in [5, 5.41) is 2.11. The van der Waals surface area contributed by atoms with Crippen LogP contribution in [0.1, 0.15) is 0 Å². The summed E-state index contributed by atoms with van der Waals surface area (Å²) in [5.41, 5.74) is 13.1. The zero-order chi connectivity index (χ0) is 34.4. The molecule has 0 bridgehead atoms. The summed E-state index contributed by atoms with van der Waals surface area (Å²) in [6, 6.07) is 65.3. The van der Waals surface area contributed by atoms with Crippen molar-refractivity contribution in [3.05, 3.63) is 188 Å². The highest BCUT2D eigenvalue weighted by atomic mass is 16.3. The predicted molar refractivity (Wildman–Crippen MR) is 213 cm³/mol. The van der Waals surface area contributed by atoms with Gasteiger partial charge in [0, 0.05) is 38.7 Å². The highest BCUT2D eigenvalue weighted by molar-refractivity contribution is 6.18. The Labute approximate surface area is 300 Å². The first-order valence-electron chi connectivity index (χ1n) is 17.5. The van der Waals surface area contributed by atoms with Gasteiger partial charge in [-0.3, -0.25) is 4.57 Å². The van der Waals surface area contributed by atoms with Crippen LogP contribution in [0.4, 0.5) is 0 Å². The van der Waals surface area contributed by atoms with E-state index in [-0.39, 0.29) is 0 Å². The number of fused-ring (bicyclic) bond motifs is 4. The second-order valence-electron chi connectivity index (χ2n) is 13.0. The van der Waals surface area contributed by atoms with Crippen LogP contribution < -0.4 is 0 Å². The number of pyridine rings is 1. The normalized spacial score (nSPS) is 11.5. The van der Waals surface area contributed by atoms with E-state index in [4.69, 9.17) is 14.4 Å². The summed E-state index contributed by atoms with van der Waals surface area (Å²) in [7, 11) is 0. The van der Waals surface area contributed by atoms with Crippen LogP contribution >= 0.6 is 0 Å². The average molecular weight is 666 g/mol. The molecule has 10 rings (SSSR count). The van der Waals surface area contributed by atoms with E-state index in [1.807, 2.05) is 36.4 Å². The largest absolute Gasteiger partial charge is 0.453 e. The Morgan fingerprint density at radius 2 is 1.02 bits per heavy atom. The molecule has 4 nitrogen and oxygen atoms in total. The molecule has 0 N–H and O–H groups in total. The van der Waals surface area contributed by atoms with Crippen LogP contribution in [0.25, 0.3) is 94.8 Å². The van der Waals surface area contributed by atoms with Crippen LogP contribution in [-0.4, -0.2) is 14.5 Å². The number of furan rings is 1. The molecule has 0 aliphatic carbocycles. The van der Waals surface area contributed by atoms with Crippen molar-refractivity contribution in [2.24, 2.45) is 0 Å². The Balaban J connectivity index is 1.22. The van der Waals surface area contributed by atoms with Crippen LogP contribution in [0.3, 0.4) is 0 Å². The lowest BCUT2D eigenvalue weighted by atomic mass is 9.93. The molecular formula is C48H31N3O. The second kappa shape index (κ2) is 12.4. The highest BCUT2D eigenvalue weighted by Gasteiger charge is 2.25. The van der Waals surface area contributed by atoms with E-state index < -0.39 is 0 Å². The predicted octanol–water partition coefficient (Wildman–Crippen LogP) is 12.7. The molecule has 7 aromatic carbocycles. The zero-order valence-corrected chi connectivity index (χ0v) is 28.1. The Bertz CT molecular complexity index is 2870. The lowest BCUT2D eigenvalue weighted by Crippen LogP contribution is -1.97. The minimum atomic E-state index is 0.773. The number of aromatic nitrogens is 3. The fourth-order valence-corrected chi connectivity index (χ4v) is 7.39. The first-order valence-corrected chi connectivity index (χ1v) is 17.5. The number of hydrogen-bond acceptors (Lipinski definition) is 3. The van der Waals surface area contributed by atoms with Crippen LogP contribution in [0.2, 0.25) is 0 Å². The maximum Gasteiger partial charge on any atom is 0.162 e. The van der Waals surface area contributed by atoms with Crippen molar-refractivity contribution in [2.45, 2.75) is 0 Å². The molecule has 244 valence electrons. The molecule has 0 atom stereocenters. The number of benzene rings is 7. The summed E-state index contributed by atoms with van der Waals surface area (Å²) >= 11 is 0. The average Bonchev–Trinajstić information content (AvgIpc) is 3.82. The van der Waals surface area contributed by atoms with Gasteiger partial charge >= 0.3 is 0 Å². The van der Waals surface area contributed by atoms with Gasteiger partial charge in [-0.2, -0.15) is 0 Å². The third kappa shape index (κ3) is 5.00. The molecule has 4 heteroatoms. The molecule has 0 saturated heterocycles. The Morgan fingerprint density at radius 1 is 0.423 bits per heavy atom. The fraction of sp³-hybridized carbons (Fsp3) is 0. The lowest BCUT2D eigenvalue weighted by Gasteiger charge is -2.11. The van der Waals surface area contributed by atoms with E-state index in [0.717, 1.165) is 89.3 Å². The highest BCUT2D eigenvalue weighted by Crippen LogP contribution is 2.47. The van der Waals surface area contributed by atoms with E-state index >= 15 is 0 Å². The van der Waals surface area contributed by atoms with E-state index in [9.17, 15) is 0 Å². The van der Waals surface area contributed by atoms with E-state index in [2.05, 4.69) is 156 Å². The van der Waals surface area contributed by atoms with Gasteiger partial charge in [0.2, 0.25) is 0 Å². The minimum Gasteiger partial charge on any atom is -0.453 e. The number of para-hydroxylation sites is 4. The molecule has 0 aliphatic heterocycles. The van der Waals surface area contributed by atoms with Crippen LogP contribution in [0.5, 0.6) is 0 Å². The van der Waals surface area contributed by atoms with Crippen molar-refractivity contribution >= 4 is 32.9 Å². The van der Waals surface area contributed by atoms with Crippen molar-refractivity contribution < 1.29 is 4.42 Å². The molecule has 0 spiro atoms. The quantitative estimate of drug-likeness (QED) is 0.178. The van der Waals surface area contributed by atoms with Gasteiger partial charge in [0.15, 0.2) is 5.58 Å². The summed E-state index contributed by atoms with van der Waals surface area (Å²) in [6.45, 7) is 0. The molecule has 0 amide bonds. The Kier molecular flexibility index (Phi) is 7.10. The fourth-order valence-electron chi connectivity index (χ4n) is 7.39. The number of nitrogens with zero attached hydrogens (tertiary/aromatic N) is 3. The Morgan fingerprint density at radius 3 is 1.79 bits per heavy atom. The number of hydrogen-bond donors (Lipinski definition) is 0. The first-order chi connectivity index (χ1) is 25.8. The van der Waals surface area contributed by atoms with Crippen molar-refractivity contribution in [3.63, 3.8) is 0 Å². The third-order valence-corrected chi connectivity index (χ3v) is 9.82. The first kappa shape index (κ1) is 29.8. The van der Waals surface area contributed by atoms with Gasteiger partial charge in [-0.15, -0.1) is 0 Å². The molecular weight excluding hydrogens is 635 g/mol. The third-order valence-electron chi connectivity index (χ3n) is 9.82. The second-order valence-corrected chi connectivity index (χ2v) is 13.0. The summed E-state index contributed by atoms with van der Waals surface area (Å²) < 4.78 is 9.31. The summed E-state index contributed by atoms with van der Waals surface area (Å²) in [6.07, 6.45) is 0. The molecule has 3 aromatic heterocycles. The van der Waals surface area contributed by atoms with Gasteiger partial charge in [0.05, 0.1) is 16.6 Å². The van der Waals surface area contributed by atoms with Crippen molar-refractivity contribution in [1.29, 1.82) is 0 Å². The van der Waals surface area contributed by atoms with Crippen molar-refractivity contribution in [1.82, 2.24) is 14.5 Å². The van der Waals surface area contributed by atoms with Crippen LogP contribution in [0, 0.1) is 0 Å². The van der Waals surface area contributed by atoms with E-state index in [1.54, 1.807) is 0 Å². The smallest absolute Gasteiger partial charge is 0.162 e. The number of rotatable bonds is 6. The number of imidazole rings is 1. The molecule has 0 unspecified atom stereocenters. The van der Waals surface area contributed by atoms with Crippen LogP contribution in [0.15, 0.2) is 192 Å². The maximum absolute atomic E-state index is 7.08. The van der Waals surface area contributed by atoms with Gasteiger partial charge in [-0.25, -0.2) is 9.97 Å². The van der Waals surface area contributed by atoms with Gasteiger partial charge in [0.25, 0.3) is 0 Å². The molecule has 10 aromatic rings. The van der Waals surface area contributed by atoms with Gasteiger partial charge in [-0.05, 0) is 53.1 Å². The monoisotopic (exact) mass is 665 g/mol. The maximum atomic E-state index is 7.08. The topological polar surface area (TPSA) is 43.9 Å². The van der Waals surface area contributed by atoms with E-state index in [1.165, 1.54) is 5.56 Å². The minimum absolute atomic E-state index is 0.773. The van der Waals surface area contributed by atoms with Gasteiger partial charge < -0.3 is 4.42 Å². The summed E-state index contributed by atoms with van der Waals surface area (Å²) in [4.78, 5) is 10.3. The molecule has 0 aliphatic rings. The van der Waals surface area contributed by atoms with Gasteiger partial charge in [-0.1, -0.05) is 152 Å².